The fourth-order valence-corrected chi connectivity index (χ4v) is 1.51. The standard InChI is InChI=1S/C9H15F3N2O2/c1-6-7(2-3-16-6)4-13-8(15)14-5-9(10,11)12/h6-7H,2-5H2,1H3,(H2,13,14,15). The molecular formula is C9H15F3N2O2. The molecule has 2 unspecified atom stereocenters. The van der Waals surface area contributed by atoms with Gasteiger partial charge in [0.2, 0.25) is 0 Å². The molecule has 0 bridgehead atoms. The number of alkyl halides is 3. The van der Waals surface area contributed by atoms with Crippen molar-refractivity contribution >= 4 is 6.03 Å². The molecule has 16 heavy (non-hydrogen) atoms. The van der Waals surface area contributed by atoms with Gasteiger partial charge in [-0.05, 0) is 13.3 Å². The molecule has 0 spiro atoms. The van der Waals surface area contributed by atoms with E-state index in [0.717, 1.165) is 6.42 Å². The van der Waals surface area contributed by atoms with E-state index in [2.05, 4.69) is 5.32 Å². The first-order valence-electron chi connectivity index (χ1n) is 5.08. The maximum atomic E-state index is 11.8. The summed E-state index contributed by atoms with van der Waals surface area (Å²) in [5.74, 6) is 0.177. The van der Waals surface area contributed by atoms with Gasteiger partial charge in [-0.2, -0.15) is 13.2 Å². The van der Waals surface area contributed by atoms with Gasteiger partial charge in [-0.15, -0.1) is 0 Å². The summed E-state index contributed by atoms with van der Waals surface area (Å²) in [6.07, 6.45) is -3.51. The average molecular weight is 240 g/mol. The SMILES string of the molecule is CC1OCCC1CNC(=O)NCC(F)(F)F. The number of ether oxygens (including phenoxy) is 1. The van der Waals surface area contributed by atoms with Crippen molar-refractivity contribution in [1.29, 1.82) is 0 Å². The van der Waals surface area contributed by atoms with Crippen LogP contribution in [0.15, 0.2) is 0 Å². The summed E-state index contributed by atoms with van der Waals surface area (Å²) in [6.45, 7) is 1.55. The normalized spacial score (nSPS) is 25.5. The lowest BCUT2D eigenvalue weighted by Crippen LogP contribution is -2.43. The minimum atomic E-state index is -4.37. The maximum Gasteiger partial charge on any atom is 0.405 e. The van der Waals surface area contributed by atoms with E-state index < -0.39 is 18.8 Å². The number of hydrogen-bond acceptors (Lipinski definition) is 2. The molecule has 0 aliphatic carbocycles. The summed E-state index contributed by atoms with van der Waals surface area (Å²) in [6, 6.07) is -0.795. The predicted octanol–water partition coefficient (Wildman–Crippen LogP) is 1.27. The average Bonchev–Trinajstić information content (AvgIpc) is 2.57. The van der Waals surface area contributed by atoms with Crippen LogP contribution in [-0.2, 0) is 4.74 Å². The van der Waals surface area contributed by atoms with Crippen LogP contribution in [0.1, 0.15) is 13.3 Å². The van der Waals surface area contributed by atoms with E-state index in [0.29, 0.717) is 13.2 Å². The molecular weight excluding hydrogens is 225 g/mol. The monoisotopic (exact) mass is 240 g/mol. The Hall–Kier alpha value is -0.980. The first-order chi connectivity index (χ1) is 7.38. The Bertz CT molecular complexity index is 245. The van der Waals surface area contributed by atoms with Crippen LogP contribution in [0.2, 0.25) is 0 Å². The highest BCUT2D eigenvalue weighted by molar-refractivity contribution is 5.73. The van der Waals surface area contributed by atoms with Crippen molar-refractivity contribution < 1.29 is 22.7 Å². The molecule has 4 nitrogen and oxygen atoms in total. The van der Waals surface area contributed by atoms with Gasteiger partial charge in [0.05, 0.1) is 6.10 Å². The Morgan fingerprint density at radius 1 is 1.44 bits per heavy atom. The van der Waals surface area contributed by atoms with Gasteiger partial charge in [-0.3, -0.25) is 0 Å². The molecule has 94 valence electrons. The number of carbonyl (C=O) groups is 1. The number of nitrogens with one attached hydrogen (secondary N) is 2. The van der Waals surface area contributed by atoms with Crippen LogP contribution in [0.3, 0.4) is 0 Å². The van der Waals surface area contributed by atoms with Crippen molar-refractivity contribution in [3.8, 4) is 0 Å². The molecule has 2 N–H and O–H groups in total. The van der Waals surface area contributed by atoms with Crippen molar-refractivity contribution in [1.82, 2.24) is 10.6 Å². The van der Waals surface area contributed by atoms with E-state index in [1.54, 1.807) is 5.32 Å². The number of rotatable bonds is 3. The zero-order chi connectivity index (χ0) is 12.2. The Balaban J connectivity index is 2.15. The van der Waals surface area contributed by atoms with Crippen LogP contribution >= 0.6 is 0 Å². The third-order valence-corrected chi connectivity index (χ3v) is 2.51. The smallest absolute Gasteiger partial charge is 0.378 e. The van der Waals surface area contributed by atoms with Crippen molar-refractivity contribution in [2.45, 2.75) is 25.6 Å². The zero-order valence-electron chi connectivity index (χ0n) is 8.93. The molecule has 0 saturated carbocycles. The van der Waals surface area contributed by atoms with E-state index in [-0.39, 0.29) is 12.0 Å². The molecule has 0 aromatic heterocycles. The van der Waals surface area contributed by atoms with Crippen LogP contribution in [0.4, 0.5) is 18.0 Å². The molecule has 0 radical (unpaired) electrons. The van der Waals surface area contributed by atoms with Gasteiger partial charge in [-0.1, -0.05) is 0 Å². The van der Waals surface area contributed by atoms with Crippen LogP contribution in [0, 0.1) is 5.92 Å². The van der Waals surface area contributed by atoms with Crippen molar-refractivity contribution in [2.24, 2.45) is 5.92 Å². The Morgan fingerprint density at radius 2 is 2.12 bits per heavy atom. The number of urea groups is 1. The molecule has 0 aromatic carbocycles. The summed E-state index contributed by atoms with van der Waals surface area (Å²) in [4.78, 5) is 11.0. The van der Waals surface area contributed by atoms with Crippen molar-refractivity contribution in [2.75, 3.05) is 19.7 Å². The van der Waals surface area contributed by atoms with Gasteiger partial charge in [0, 0.05) is 19.1 Å². The second-order valence-corrected chi connectivity index (χ2v) is 3.80. The lowest BCUT2D eigenvalue weighted by molar-refractivity contribution is -0.122. The molecule has 1 rings (SSSR count). The first-order valence-corrected chi connectivity index (χ1v) is 5.08. The minimum Gasteiger partial charge on any atom is -0.378 e. The van der Waals surface area contributed by atoms with Crippen LogP contribution in [0.25, 0.3) is 0 Å². The lowest BCUT2D eigenvalue weighted by Gasteiger charge is -2.15. The molecule has 2 atom stereocenters. The molecule has 0 aromatic rings. The van der Waals surface area contributed by atoms with Gasteiger partial charge >= 0.3 is 12.2 Å². The zero-order valence-corrected chi connectivity index (χ0v) is 8.93. The number of hydrogen-bond donors (Lipinski definition) is 2. The fourth-order valence-electron chi connectivity index (χ4n) is 1.51. The van der Waals surface area contributed by atoms with Gasteiger partial charge in [0.15, 0.2) is 0 Å². The Morgan fingerprint density at radius 3 is 2.62 bits per heavy atom. The fraction of sp³-hybridized carbons (Fsp3) is 0.889. The minimum absolute atomic E-state index is 0.0444. The van der Waals surface area contributed by atoms with Gasteiger partial charge in [0.25, 0.3) is 0 Å². The highest BCUT2D eigenvalue weighted by atomic mass is 19.4. The van der Waals surface area contributed by atoms with E-state index in [9.17, 15) is 18.0 Å². The molecule has 1 aliphatic rings. The Labute approximate surface area is 91.5 Å². The van der Waals surface area contributed by atoms with Crippen molar-refractivity contribution in [3.05, 3.63) is 0 Å². The topological polar surface area (TPSA) is 50.4 Å². The lowest BCUT2D eigenvalue weighted by atomic mass is 10.0. The van der Waals surface area contributed by atoms with Gasteiger partial charge in [-0.25, -0.2) is 4.79 Å². The highest BCUT2D eigenvalue weighted by Crippen LogP contribution is 2.19. The van der Waals surface area contributed by atoms with Crippen molar-refractivity contribution in [3.63, 3.8) is 0 Å². The van der Waals surface area contributed by atoms with Gasteiger partial charge < -0.3 is 15.4 Å². The summed E-state index contributed by atoms with van der Waals surface area (Å²) < 4.78 is 40.5. The summed E-state index contributed by atoms with van der Waals surface area (Å²) >= 11 is 0. The molecule has 1 heterocycles. The highest BCUT2D eigenvalue weighted by Gasteiger charge is 2.28. The quantitative estimate of drug-likeness (QED) is 0.780. The summed E-state index contributed by atoms with van der Waals surface area (Å²) in [7, 11) is 0. The molecule has 7 heteroatoms. The largest absolute Gasteiger partial charge is 0.405 e. The van der Waals surface area contributed by atoms with E-state index in [1.165, 1.54) is 0 Å². The number of amides is 2. The summed E-state index contributed by atoms with van der Waals surface area (Å²) in [5, 5.41) is 4.14. The third-order valence-electron chi connectivity index (χ3n) is 2.51. The summed E-state index contributed by atoms with van der Waals surface area (Å²) in [5.41, 5.74) is 0. The Kier molecular flexibility index (Phi) is 4.40. The first kappa shape index (κ1) is 13.1. The predicted molar refractivity (Wildman–Crippen MR) is 51.0 cm³/mol. The third kappa shape index (κ3) is 4.69. The molecule has 2 amide bonds. The second kappa shape index (κ2) is 5.38. The molecule has 1 saturated heterocycles. The van der Waals surface area contributed by atoms with E-state index in [4.69, 9.17) is 4.74 Å². The number of carbonyl (C=O) groups excluding carboxylic acids is 1. The van der Waals surface area contributed by atoms with Crippen LogP contribution in [0.5, 0.6) is 0 Å². The molecule has 1 fully saturated rings. The second-order valence-electron chi connectivity index (χ2n) is 3.80. The van der Waals surface area contributed by atoms with Crippen LogP contribution < -0.4 is 10.6 Å². The molecule has 1 aliphatic heterocycles. The van der Waals surface area contributed by atoms with E-state index in [1.807, 2.05) is 6.92 Å². The van der Waals surface area contributed by atoms with Crippen LogP contribution in [-0.4, -0.2) is 38.0 Å². The number of halogens is 3. The van der Waals surface area contributed by atoms with Gasteiger partial charge in [0.1, 0.15) is 6.54 Å². The van der Waals surface area contributed by atoms with E-state index >= 15 is 0 Å². The maximum absolute atomic E-state index is 11.8.